The first-order valence-corrected chi connectivity index (χ1v) is 6.52. The molecule has 0 saturated heterocycles. The van der Waals surface area contributed by atoms with Gasteiger partial charge in [0.25, 0.3) is 5.91 Å². The first-order chi connectivity index (χ1) is 9.63. The normalized spacial score (nSPS) is 10.7. The first kappa shape index (κ1) is 12.7. The monoisotopic (exact) mass is 285 g/mol. The number of carbonyl (C=O) groups excluding carboxylic acids is 1. The molecule has 0 aliphatic heterocycles. The number of rotatable bonds is 2. The van der Waals surface area contributed by atoms with Crippen molar-refractivity contribution in [3.63, 3.8) is 0 Å². The number of fused-ring (bicyclic) bond motifs is 1. The predicted molar refractivity (Wildman–Crippen MR) is 80.2 cm³/mol. The fraction of sp³-hybridized carbons (Fsp3) is 0.0667. The Morgan fingerprint density at radius 2 is 2.10 bits per heavy atom. The second kappa shape index (κ2) is 4.98. The van der Waals surface area contributed by atoms with E-state index in [1.807, 2.05) is 25.1 Å². The zero-order chi connectivity index (χ0) is 14.1. The van der Waals surface area contributed by atoms with Gasteiger partial charge in [0.2, 0.25) is 0 Å². The van der Waals surface area contributed by atoms with Crippen LogP contribution < -0.4 is 5.32 Å². The van der Waals surface area contributed by atoms with Crippen molar-refractivity contribution in [2.45, 2.75) is 6.92 Å². The Bertz CT molecular complexity index is 795. The van der Waals surface area contributed by atoms with E-state index in [4.69, 9.17) is 11.6 Å². The summed E-state index contributed by atoms with van der Waals surface area (Å²) in [6.45, 7) is 1.92. The van der Waals surface area contributed by atoms with Crippen LogP contribution in [-0.4, -0.2) is 15.9 Å². The number of aromatic amines is 1. The number of benzene rings is 2. The van der Waals surface area contributed by atoms with Crippen LogP contribution in [0.4, 0.5) is 5.69 Å². The van der Waals surface area contributed by atoms with E-state index >= 15 is 0 Å². The van der Waals surface area contributed by atoms with Crippen molar-refractivity contribution >= 4 is 34.2 Å². The van der Waals surface area contributed by atoms with Crippen LogP contribution in [0.25, 0.3) is 11.0 Å². The molecule has 0 spiro atoms. The van der Waals surface area contributed by atoms with Gasteiger partial charge < -0.3 is 10.3 Å². The third kappa shape index (κ3) is 2.38. The first-order valence-electron chi connectivity index (χ1n) is 6.14. The van der Waals surface area contributed by atoms with Gasteiger partial charge >= 0.3 is 0 Å². The molecule has 0 aliphatic rings. The Hall–Kier alpha value is -2.33. The second-order valence-electron chi connectivity index (χ2n) is 4.55. The molecule has 0 saturated carbocycles. The number of nitrogens with one attached hydrogen (secondary N) is 2. The summed E-state index contributed by atoms with van der Waals surface area (Å²) in [4.78, 5) is 19.3. The van der Waals surface area contributed by atoms with E-state index in [1.165, 1.54) is 0 Å². The Balaban J connectivity index is 1.86. The van der Waals surface area contributed by atoms with Crippen LogP contribution >= 0.6 is 11.6 Å². The Morgan fingerprint density at radius 3 is 2.90 bits per heavy atom. The summed E-state index contributed by atoms with van der Waals surface area (Å²) in [6, 6.07) is 10.8. The van der Waals surface area contributed by atoms with E-state index in [2.05, 4.69) is 15.3 Å². The van der Waals surface area contributed by atoms with Crippen molar-refractivity contribution in [3.05, 3.63) is 58.9 Å². The molecule has 0 fully saturated rings. The number of amides is 1. The molecule has 5 heteroatoms. The van der Waals surface area contributed by atoms with Crippen molar-refractivity contribution in [1.82, 2.24) is 9.97 Å². The molecule has 100 valence electrons. The molecule has 1 heterocycles. The fourth-order valence-corrected chi connectivity index (χ4v) is 2.13. The number of hydrogen-bond acceptors (Lipinski definition) is 2. The summed E-state index contributed by atoms with van der Waals surface area (Å²) >= 11 is 6.04. The molecule has 0 aliphatic carbocycles. The molecule has 2 aromatic carbocycles. The SMILES string of the molecule is Cc1ccc(NC(=O)c2ccc3nc[nH]c3c2)cc1Cl. The summed E-state index contributed by atoms with van der Waals surface area (Å²) in [5.74, 6) is -0.179. The molecule has 0 radical (unpaired) electrons. The summed E-state index contributed by atoms with van der Waals surface area (Å²) in [5, 5.41) is 3.46. The van der Waals surface area contributed by atoms with E-state index in [0.717, 1.165) is 16.6 Å². The molecule has 0 atom stereocenters. The fourth-order valence-electron chi connectivity index (χ4n) is 1.95. The van der Waals surface area contributed by atoms with Gasteiger partial charge in [-0.2, -0.15) is 0 Å². The molecule has 20 heavy (non-hydrogen) atoms. The number of aryl methyl sites for hydroxylation is 1. The van der Waals surface area contributed by atoms with Crippen LogP contribution in [0.5, 0.6) is 0 Å². The molecular weight excluding hydrogens is 274 g/mol. The minimum absolute atomic E-state index is 0.179. The number of nitrogens with zero attached hydrogens (tertiary/aromatic N) is 1. The molecule has 3 rings (SSSR count). The van der Waals surface area contributed by atoms with Gasteiger partial charge in [0.15, 0.2) is 0 Å². The number of aromatic nitrogens is 2. The van der Waals surface area contributed by atoms with Crippen molar-refractivity contribution in [3.8, 4) is 0 Å². The van der Waals surface area contributed by atoms with Gasteiger partial charge in [0, 0.05) is 16.3 Å². The quantitative estimate of drug-likeness (QED) is 0.753. The Morgan fingerprint density at radius 1 is 1.25 bits per heavy atom. The van der Waals surface area contributed by atoms with Crippen molar-refractivity contribution < 1.29 is 4.79 Å². The van der Waals surface area contributed by atoms with Gasteiger partial charge in [-0.05, 0) is 42.8 Å². The van der Waals surface area contributed by atoms with Gasteiger partial charge in [-0.15, -0.1) is 0 Å². The third-order valence-corrected chi connectivity index (χ3v) is 3.52. The zero-order valence-electron chi connectivity index (χ0n) is 10.8. The average molecular weight is 286 g/mol. The lowest BCUT2D eigenvalue weighted by Crippen LogP contribution is -2.11. The summed E-state index contributed by atoms with van der Waals surface area (Å²) in [7, 11) is 0. The Labute approximate surface area is 120 Å². The lowest BCUT2D eigenvalue weighted by Gasteiger charge is -2.07. The van der Waals surface area contributed by atoms with E-state index in [1.54, 1.807) is 24.5 Å². The summed E-state index contributed by atoms with van der Waals surface area (Å²) < 4.78 is 0. The van der Waals surface area contributed by atoms with Gasteiger partial charge in [0.1, 0.15) is 0 Å². The van der Waals surface area contributed by atoms with Crippen molar-refractivity contribution in [2.75, 3.05) is 5.32 Å². The molecule has 3 aromatic rings. The molecule has 4 nitrogen and oxygen atoms in total. The maximum absolute atomic E-state index is 12.2. The highest BCUT2D eigenvalue weighted by molar-refractivity contribution is 6.31. The topological polar surface area (TPSA) is 57.8 Å². The number of anilines is 1. The van der Waals surface area contributed by atoms with E-state index in [9.17, 15) is 4.79 Å². The van der Waals surface area contributed by atoms with E-state index in [0.29, 0.717) is 16.3 Å². The van der Waals surface area contributed by atoms with Gasteiger partial charge in [0.05, 0.1) is 17.4 Å². The lowest BCUT2D eigenvalue weighted by molar-refractivity contribution is 0.102. The number of hydrogen-bond donors (Lipinski definition) is 2. The van der Waals surface area contributed by atoms with E-state index in [-0.39, 0.29) is 5.91 Å². The standard InChI is InChI=1S/C15H12ClN3O/c1-9-2-4-11(7-12(9)16)19-15(20)10-3-5-13-14(6-10)18-8-17-13/h2-8H,1H3,(H,17,18)(H,19,20). The smallest absolute Gasteiger partial charge is 0.255 e. The van der Waals surface area contributed by atoms with Gasteiger partial charge in [-0.25, -0.2) is 4.98 Å². The second-order valence-corrected chi connectivity index (χ2v) is 4.96. The molecule has 1 aromatic heterocycles. The van der Waals surface area contributed by atoms with Gasteiger partial charge in [-0.1, -0.05) is 17.7 Å². The van der Waals surface area contributed by atoms with Crippen LogP contribution in [-0.2, 0) is 0 Å². The predicted octanol–water partition coefficient (Wildman–Crippen LogP) is 3.78. The number of H-pyrrole nitrogens is 1. The Kier molecular flexibility index (Phi) is 3.16. The number of imidazole rings is 1. The highest BCUT2D eigenvalue weighted by atomic mass is 35.5. The molecule has 0 bridgehead atoms. The largest absolute Gasteiger partial charge is 0.345 e. The van der Waals surface area contributed by atoms with E-state index < -0.39 is 0 Å². The van der Waals surface area contributed by atoms with Crippen LogP contribution in [0.15, 0.2) is 42.7 Å². The van der Waals surface area contributed by atoms with Crippen LogP contribution in [0.1, 0.15) is 15.9 Å². The van der Waals surface area contributed by atoms with Crippen molar-refractivity contribution in [1.29, 1.82) is 0 Å². The highest BCUT2D eigenvalue weighted by Gasteiger charge is 2.08. The molecule has 0 unspecified atom stereocenters. The number of carbonyl (C=O) groups is 1. The van der Waals surface area contributed by atoms with Crippen LogP contribution in [0.2, 0.25) is 5.02 Å². The minimum Gasteiger partial charge on any atom is -0.345 e. The third-order valence-electron chi connectivity index (χ3n) is 3.11. The zero-order valence-corrected chi connectivity index (χ0v) is 11.5. The minimum atomic E-state index is -0.179. The molecular formula is C15H12ClN3O. The van der Waals surface area contributed by atoms with Gasteiger partial charge in [-0.3, -0.25) is 4.79 Å². The summed E-state index contributed by atoms with van der Waals surface area (Å²) in [6.07, 6.45) is 1.60. The van der Waals surface area contributed by atoms with Crippen LogP contribution in [0.3, 0.4) is 0 Å². The van der Waals surface area contributed by atoms with Crippen LogP contribution in [0, 0.1) is 6.92 Å². The van der Waals surface area contributed by atoms with Crippen molar-refractivity contribution in [2.24, 2.45) is 0 Å². The maximum Gasteiger partial charge on any atom is 0.255 e. The highest BCUT2D eigenvalue weighted by Crippen LogP contribution is 2.21. The maximum atomic E-state index is 12.2. The average Bonchev–Trinajstić information content (AvgIpc) is 2.90. The number of halogens is 1. The lowest BCUT2D eigenvalue weighted by atomic mass is 10.1. The molecule has 2 N–H and O–H groups in total. The molecule has 1 amide bonds. The summed E-state index contributed by atoms with van der Waals surface area (Å²) in [5.41, 5.74) is 3.89.